The van der Waals surface area contributed by atoms with E-state index in [2.05, 4.69) is 15.5 Å². The van der Waals surface area contributed by atoms with E-state index in [9.17, 15) is 4.79 Å². The van der Waals surface area contributed by atoms with E-state index in [-0.39, 0.29) is 17.8 Å². The smallest absolute Gasteiger partial charge is 0.233 e. The highest BCUT2D eigenvalue weighted by Gasteiger charge is 2.20. The predicted octanol–water partition coefficient (Wildman–Crippen LogP) is 3.52. The van der Waals surface area contributed by atoms with E-state index < -0.39 is 0 Å². The molecular formula is C20H22ClN5O3S. The van der Waals surface area contributed by atoms with Gasteiger partial charge in [-0.1, -0.05) is 23.4 Å². The lowest BCUT2D eigenvalue weighted by Gasteiger charge is -2.15. The lowest BCUT2D eigenvalue weighted by atomic mass is 10.2. The molecule has 0 spiro atoms. The summed E-state index contributed by atoms with van der Waals surface area (Å²) in [5.41, 5.74) is 0.938. The molecule has 30 heavy (non-hydrogen) atoms. The normalized spacial score (nSPS) is 16.1. The maximum Gasteiger partial charge on any atom is 0.233 e. The second-order valence-corrected chi connectivity index (χ2v) is 8.47. The second kappa shape index (κ2) is 9.63. The molecule has 10 heteroatoms. The predicted molar refractivity (Wildman–Crippen MR) is 113 cm³/mol. The van der Waals surface area contributed by atoms with Crippen molar-refractivity contribution in [2.24, 2.45) is 0 Å². The first-order valence-electron chi connectivity index (χ1n) is 9.67. The van der Waals surface area contributed by atoms with Gasteiger partial charge in [0.15, 0.2) is 0 Å². The number of ether oxygens (including phenoxy) is 1. The number of carbonyl (C=O) groups is 1. The van der Waals surface area contributed by atoms with Crippen molar-refractivity contribution in [3.05, 3.63) is 47.2 Å². The molecule has 8 nitrogen and oxygen atoms in total. The molecule has 1 unspecified atom stereocenters. The lowest BCUT2D eigenvalue weighted by Crippen LogP contribution is -2.27. The topological polar surface area (TPSA) is 86.3 Å². The molecule has 0 saturated carbocycles. The monoisotopic (exact) mass is 447 g/mol. The Bertz CT molecular complexity index is 985. The molecule has 158 valence electrons. The van der Waals surface area contributed by atoms with Gasteiger partial charge in [0.1, 0.15) is 11.5 Å². The summed E-state index contributed by atoms with van der Waals surface area (Å²) in [7, 11) is 1.75. The average Bonchev–Trinajstić information content (AvgIpc) is 3.50. The van der Waals surface area contributed by atoms with Gasteiger partial charge >= 0.3 is 0 Å². The maximum absolute atomic E-state index is 12.6. The molecule has 1 fully saturated rings. The van der Waals surface area contributed by atoms with Crippen molar-refractivity contribution in [2.45, 2.75) is 37.2 Å². The fourth-order valence-electron chi connectivity index (χ4n) is 3.19. The third kappa shape index (κ3) is 5.21. The highest BCUT2D eigenvalue weighted by Crippen LogP contribution is 2.25. The van der Waals surface area contributed by atoms with Gasteiger partial charge in [-0.05, 0) is 59.7 Å². The minimum absolute atomic E-state index is 0.0314. The molecule has 2 aromatic heterocycles. The van der Waals surface area contributed by atoms with Crippen LogP contribution in [0.15, 0.2) is 46.0 Å². The summed E-state index contributed by atoms with van der Waals surface area (Å²) in [6.07, 6.45) is 2.21. The molecule has 1 amide bonds. The first-order chi connectivity index (χ1) is 14.6. The quantitative estimate of drug-likeness (QED) is 0.488. The van der Waals surface area contributed by atoms with Gasteiger partial charge in [0.05, 0.1) is 24.9 Å². The molecular weight excluding hydrogens is 426 g/mol. The zero-order valence-corrected chi connectivity index (χ0v) is 18.1. The summed E-state index contributed by atoms with van der Waals surface area (Å²) >= 11 is 7.25. The minimum Gasteiger partial charge on any atom is -0.459 e. The average molecular weight is 448 g/mol. The van der Waals surface area contributed by atoms with Crippen LogP contribution < -0.4 is 0 Å². The third-order valence-electron chi connectivity index (χ3n) is 4.83. The molecule has 1 saturated heterocycles. The zero-order valence-electron chi connectivity index (χ0n) is 16.5. The van der Waals surface area contributed by atoms with Gasteiger partial charge in [0.2, 0.25) is 11.1 Å². The number of furan rings is 1. The number of carbonyl (C=O) groups excluding carboxylic acids is 1. The van der Waals surface area contributed by atoms with Crippen LogP contribution in [0.25, 0.3) is 11.3 Å². The van der Waals surface area contributed by atoms with Crippen LogP contribution in [-0.4, -0.2) is 56.5 Å². The number of aromatic nitrogens is 4. The first kappa shape index (κ1) is 20.9. The van der Waals surface area contributed by atoms with Crippen LogP contribution >= 0.6 is 23.4 Å². The van der Waals surface area contributed by atoms with Gasteiger partial charge in [0, 0.05) is 24.2 Å². The molecule has 1 atom stereocenters. The Morgan fingerprint density at radius 1 is 1.30 bits per heavy atom. The van der Waals surface area contributed by atoms with Gasteiger partial charge in [-0.3, -0.25) is 4.79 Å². The molecule has 3 aromatic rings. The second-order valence-electron chi connectivity index (χ2n) is 7.09. The standard InChI is InChI=1S/C20H22ClN5O3S/c1-25(11-17-8-9-18(29-17)14-4-6-15(21)7-5-14)19(27)13-30-20-22-23-24-26(20)12-16-3-2-10-28-16/h4-9,16H,2-3,10-13H2,1H3. The van der Waals surface area contributed by atoms with E-state index in [1.807, 2.05) is 36.4 Å². The van der Waals surface area contributed by atoms with Gasteiger partial charge < -0.3 is 14.1 Å². The highest BCUT2D eigenvalue weighted by molar-refractivity contribution is 7.99. The Hall–Kier alpha value is -2.36. The van der Waals surface area contributed by atoms with Gasteiger partial charge in [0.25, 0.3) is 0 Å². The number of nitrogens with zero attached hydrogens (tertiary/aromatic N) is 5. The molecule has 1 aliphatic rings. The molecule has 1 aromatic carbocycles. The Balaban J connectivity index is 1.29. The van der Waals surface area contributed by atoms with Crippen LogP contribution in [0.1, 0.15) is 18.6 Å². The summed E-state index contributed by atoms with van der Waals surface area (Å²) < 4.78 is 13.2. The molecule has 0 aliphatic carbocycles. The summed E-state index contributed by atoms with van der Waals surface area (Å²) in [4.78, 5) is 14.2. The number of hydrogen-bond donors (Lipinski definition) is 0. The lowest BCUT2D eigenvalue weighted by molar-refractivity contribution is -0.127. The Kier molecular flexibility index (Phi) is 6.71. The van der Waals surface area contributed by atoms with Crippen LogP contribution in [0.4, 0.5) is 0 Å². The van der Waals surface area contributed by atoms with E-state index in [1.165, 1.54) is 11.8 Å². The fourth-order valence-corrected chi connectivity index (χ4v) is 4.14. The van der Waals surface area contributed by atoms with Crippen molar-refractivity contribution in [2.75, 3.05) is 19.4 Å². The van der Waals surface area contributed by atoms with Gasteiger partial charge in [-0.2, -0.15) is 0 Å². The van der Waals surface area contributed by atoms with E-state index in [1.54, 1.807) is 16.6 Å². The van der Waals surface area contributed by atoms with E-state index in [4.69, 9.17) is 20.8 Å². The Morgan fingerprint density at radius 3 is 2.90 bits per heavy atom. The fraction of sp³-hybridized carbons (Fsp3) is 0.400. The molecule has 3 heterocycles. The SMILES string of the molecule is CN(Cc1ccc(-c2ccc(Cl)cc2)o1)C(=O)CSc1nnnn1CC1CCCO1. The number of halogens is 1. The van der Waals surface area contributed by atoms with E-state index in [0.29, 0.717) is 29.0 Å². The van der Waals surface area contributed by atoms with Crippen molar-refractivity contribution in [3.63, 3.8) is 0 Å². The zero-order chi connectivity index (χ0) is 20.9. The van der Waals surface area contributed by atoms with Gasteiger partial charge in [-0.15, -0.1) is 5.10 Å². The molecule has 1 aliphatic heterocycles. The third-order valence-corrected chi connectivity index (χ3v) is 6.03. The van der Waals surface area contributed by atoms with Crippen molar-refractivity contribution in [1.82, 2.24) is 25.1 Å². The van der Waals surface area contributed by atoms with Crippen LogP contribution in [0.2, 0.25) is 5.02 Å². The van der Waals surface area contributed by atoms with Crippen molar-refractivity contribution in [1.29, 1.82) is 0 Å². The van der Waals surface area contributed by atoms with Crippen LogP contribution in [0.5, 0.6) is 0 Å². The summed E-state index contributed by atoms with van der Waals surface area (Å²) in [5.74, 6) is 1.66. The molecule has 0 bridgehead atoms. The highest BCUT2D eigenvalue weighted by atomic mass is 35.5. The van der Waals surface area contributed by atoms with E-state index >= 15 is 0 Å². The van der Waals surface area contributed by atoms with Crippen molar-refractivity contribution in [3.8, 4) is 11.3 Å². The number of rotatable bonds is 8. The number of hydrogen-bond acceptors (Lipinski definition) is 7. The number of benzene rings is 1. The maximum atomic E-state index is 12.6. The van der Waals surface area contributed by atoms with Crippen LogP contribution in [0, 0.1) is 0 Å². The largest absolute Gasteiger partial charge is 0.459 e. The van der Waals surface area contributed by atoms with Crippen molar-refractivity contribution < 1.29 is 13.9 Å². The number of tetrazole rings is 1. The number of thioether (sulfide) groups is 1. The minimum atomic E-state index is -0.0314. The molecule has 0 N–H and O–H groups in total. The summed E-state index contributed by atoms with van der Waals surface area (Å²) in [6, 6.07) is 11.2. The summed E-state index contributed by atoms with van der Waals surface area (Å²) in [6.45, 7) is 1.78. The van der Waals surface area contributed by atoms with E-state index in [0.717, 1.165) is 30.8 Å². The Labute approximate surface area is 183 Å². The van der Waals surface area contributed by atoms with Crippen LogP contribution in [0.3, 0.4) is 0 Å². The first-order valence-corrected chi connectivity index (χ1v) is 11.0. The molecule has 4 rings (SSSR count). The summed E-state index contributed by atoms with van der Waals surface area (Å²) in [5, 5.41) is 13.1. The Morgan fingerprint density at radius 2 is 2.13 bits per heavy atom. The number of amides is 1. The van der Waals surface area contributed by atoms with Crippen LogP contribution in [-0.2, 0) is 22.6 Å². The van der Waals surface area contributed by atoms with Gasteiger partial charge in [-0.25, -0.2) is 4.68 Å². The van der Waals surface area contributed by atoms with Crippen molar-refractivity contribution >= 4 is 29.3 Å². The molecule has 0 radical (unpaired) electrons.